The van der Waals surface area contributed by atoms with E-state index in [1.807, 2.05) is 30.7 Å². The molecule has 0 aromatic carbocycles. The minimum Gasteiger partial charge on any atom is -0.275 e. The Labute approximate surface area is 103 Å². The van der Waals surface area contributed by atoms with E-state index < -0.39 is 5.24 Å². The predicted octanol–water partition coefficient (Wildman–Crippen LogP) is 2.99. The van der Waals surface area contributed by atoms with E-state index in [0.717, 1.165) is 16.3 Å². The van der Waals surface area contributed by atoms with Gasteiger partial charge >= 0.3 is 0 Å². The van der Waals surface area contributed by atoms with Crippen LogP contribution in [0.25, 0.3) is 0 Å². The van der Waals surface area contributed by atoms with Gasteiger partial charge in [-0.25, -0.2) is 0 Å². The van der Waals surface area contributed by atoms with E-state index in [-0.39, 0.29) is 0 Å². The van der Waals surface area contributed by atoms with Crippen LogP contribution >= 0.6 is 22.9 Å². The molecule has 0 saturated carbocycles. The topological polar surface area (TPSA) is 34.9 Å². The number of carbonyl (C=O) groups is 1. The highest BCUT2D eigenvalue weighted by atomic mass is 35.5. The molecule has 0 aliphatic rings. The van der Waals surface area contributed by atoms with Crippen LogP contribution in [0.4, 0.5) is 0 Å². The van der Waals surface area contributed by atoms with Crippen LogP contribution < -0.4 is 0 Å². The monoisotopic (exact) mass is 254 g/mol. The van der Waals surface area contributed by atoms with Gasteiger partial charge in [-0.15, -0.1) is 11.3 Å². The van der Waals surface area contributed by atoms with Crippen molar-refractivity contribution in [3.05, 3.63) is 39.3 Å². The summed E-state index contributed by atoms with van der Waals surface area (Å²) in [6, 6.07) is 5.69. The van der Waals surface area contributed by atoms with Crippen molar-refractivity contribution in [3.8, 4) is 0 Å². The van der Waals surface area contributed by atoms with Crippen molar-refractivity contribution < 1.29 is 4.79 Å². The Hall–Kier alpha value is -1.13. The maximum Gasteiger partial charge on any atom is 0.262 e. The molecule has 84 valence electrons. The highest BCUT2D eigenvalue weighted by Gasteiger charge is 2.08. The summed E-state index contributed by atoms with van der Waals surface area (Å²) in [5.74, 6) is 0. The van der Waals surface area contributed by atoms with Gasteiger partial charge in [0.15, 0.2) is 0 Å². The van der Waals surface area contributed by atoms with Crippen molar-refractivity contribution in [1.82, 2.24) is 9.78 Å². The number of nitrogens with zero attached hydrogens (tertiary/aromatic N) is 2. The van der Waals surface area contributed by atoms with Gasteiger partial charge in [0.1, 0.15) is 0 Å². The summed E-state index contributed by atoms with van der Waals surface area (Å²) < 4.78 is 1.92. The zero-order valence-corrected chi connectivity index (χ0v) is 10.6. The second kappa shape index (κ2) is 4.39. The quantitative estimate of drug-likeness (QED) is 0.790. The highest BCUT2D eigenvalue weighted by Crippen LogP contribution is 2.19. The highest BCUT2D eigenvalue weighted by molar-refractivity contribution is 7.15. The summed E-state index contributed by atoms with van der Waals surface area (Å²) >= 11 is 6.82. The van der Waals surface area contributed by atoms with Crippen molar-refractivity contribution in [2.75, 3.05) is 0 Å². The summed E-state index contributed by atoms with van der Waals surface area (Å²) in [5, 5.41) is 3.97. The first kappa shape index (κ1) is 11.4. The van der Waals surface area contributed by atoms with Gasteiger partial charge in [-0.1, -0.05) is 0 Å². The lowest BCUT2D eigenvalue weighted by Gasteiger charge is -2.00. The number of aryl methyl sites for hydroxylation is 2. The number of aromatic nitrogens is 2. The summed E-state index contributed by atoms with van der Waals surface area (Å²) in [6.45, 7) is 4.67. The zero-order chi connectivity index (χ0) is 11.7. The second-order valence-corrected chi connectivity index (χ2v) is 5.14. The van der Waals surface area contributed by atoms with Crippen molar-refractivity contribution in [1.29, 1.82) is 0 Å². The molecule has 5 heteroatoms. The number of carbonyl (C=O) groups excluding carboxylic acids is 1. The molecule has 0 fully saturated rings. The average molecular weight is 255 g/mol. The van der Waals surface area contributed by atoms with Crippen LogP contribution in [0.2, 0.25) is 0 Å². The molecular formula is C11H11ClN2OS. The molecule has 0 atom stereocenters. The lowest BCUT2D eigenvalue weighted by molar-refractivity contribution is 0.108. The van der Waals surface area contributed by atoms with Crippen molar-refractivity contribution in [2.45, 2.75) is 20.4 Å². The molecule has 16 heavy (non-hydrogen) atoms. The molecule has 2 aromatic heterocycles. The lowest BCUT2D eigenvalue weighted by Crippen LogP contribution is -2.02. The molecule has 0 aliphatic carbocycles. The SMILES string of the molecule is Cc1cc(C)n(Cc2ccc(C(=O)Cl)s2)n1. The largest absolute Gasteiger partial charge is 0.275 e. The molecule has 0 N–H and O–H groups in total. The third-order valence-corrected chi connectivity index (χ3v) is 3.65. The van der Waals surface area contributed by atoms with Crippen LogP contribution in [0.1, 0.15) is 25.9 Å². The first-order chi connectivity index (χ1) is 7.56. The van der Waals surface area contributed by atoms with Gasteiger partial charge in [-0.2, -0.15) is 5.10 Å². The molecule has 0 bridgehead atoms. The minimum absolute atomic E-state index is 0.399. The van der Waals surface area contributed by atoms with Gasteiger partial charge in [0.25, 0.3) is 5.24 Å². The van der Waals surface area contributed by atoms with Crippen LogP contribution in [0, 0.1) is 13.8 Å². The molecule has 0 spiro atoms. The minimum atomic E-state index is -0.399. The third-order valence-electron chi connectivity index (χ3n) is 2.26. The van der Waals surface area contributed by atoms with E-state index in [2.05, 4.69) is 5.10 Å². The van der Waals surface area contributed by atoms with Crippen LogP contribution in [-0.2, 0) is 6.54 Å². The first-order valence-electron chi connectivity index (χ1n) is 4.86. The third kappa shape index (κ3) is 2.33. The fourth-order valence-electron chi connectivity index (χ4n) is 1.55. The molecule has 3 nitrogen and oxygen atoms in total. The van der Waals surface area contributed by atoms with Crippen LogP contribution in [0.5, 0.6) is 0 Å². The second-order valence-electron chi connectivity index (χ2n) is 3.62. The molecule has 0 saturated heterocycles. The Bertz CT molecular complexity index is 530. The maximum atomic E-state index is 10.9. The molecule has 0 radical (unpaired) electrons. The average Bonchev–Trinajstić information content (AvgIpc) is 2.75. The standard InChI is InChI=1S/C11H11ClN2OS/c1-7-5-8(2)14(13-7)6-9-3-4-10(16-9)11(12)15/h3-5H,6H2,1-2H3. The maximum absolute atomic E-state index is 10.9. The Morgan fingerprint density at radius 3 is 2.75 bits per heavy atom. The van der Waals surface area contributed by atoms with E-state index in [0.29, 0.717) is 11.4 Å². The van der Waals surface area contributed by atoms with Gasteiger partial charge in [0, 0.05) is 10.6 Å². The van der Waals surface area contributed by atoms with Crippen molar-refractivity contribution in [2.24, 2.45) is 0 Å². The van der Waals surface area contributed by atoms with Gasteiger partial charge in [-0.05, 0) is 43.6 Å². The number of halogens is 1. The Morgan fingerprint density at radius 1 is 1.50 bits per heavy atom. The normalized spacial score (nSPS) is 10.7. The van der Waals surface area contributed by atoms with E-state index >= 15 is 0 Å². The van der Waals surface area contributed by atoms with Gasteiger partial charge < -0.3 is 0 Å². The molecule has 2 heterocycles. The van der Waals surface area contributed by atoms with Crippen molar-refractivity contribution in [3.63, 3.8) is 0 Å². The Balaban J connectivity index is 2.20. The van der Waals surface area contributed by atoms with Crippen LogP contribution in [0.3, 0.4) is 0 Å². The van der Waals surface area contributed by atoms with Gasteiger partial charge in [-0.3, -0.25) is 9.48 Å². The smallest absolute Gasteiger partial charge is 0.262 e. The van der Waals surface area contributed by atoms with Gasteiger partial charge in [0.05, 0.1) is 17.1 Å². The first-order valence-corrected chi connectivity index (χ1v) is 6.05. The predicted molar refractivity (Wildman–Crippen MR) is 65.3 cm³/mol. The number of thiophene rings is 1. The van der Waals surface area contributed by atoms with E-state index in [1.54, 1.807) is 6.07 Å². The van der Waals surface area contributed by atoms with Crippen LogP contribution in [-0.4, -0.2) is 15.0 Å². The number of hydrogen-bond donors (Lipinski definition) is 0. The Morgan fingerprint density at radius 2 is 2.25 bits per heavy atom. The summed E-state index contributed by atoms with van der Waals surface area (Å²) in [6.07, 6.45) is 0. The van der Waals surface area contributed by atoms with Gasteiger partial charge in [0.2, 0.25) is 0 Å². The molecule has 0 aliphatic heterocycles. The van der Waals surface area contributed by atoms with E-state index in [1.165, 1.54) is 11.3 Å². The van der Waals surface area contributed by atoms with Crippen molar-refractivity contribution >= 4 is 28.2 Å². The fraction of sp³-hybridized carbons (Fsp3) is 0.273. The lowest BCUT2D eigenvalue weighted by atomic mass is 10.4. The molecule has 0 unspecified atom stereocenters. The number of hydrogen-bond acceptors (Lipinski definition) is 3. The fourth-order valence-corrected chi connectivity index (χ4v) is 2.55. The Kier molecular flexibility index (Phi) is 3.12. The summed E-state index contributed by atoms with van der Waals surface area (Å²) in [5.41, 5.74) is 2.12. The van der Waals surface area contributed by atoms with E-state index in [4.69, 9.17) is 11.6 Å². The molecule has 2 rings (SSSR count). The van der Waals surface area contributed by atoms with Crippen LogP contribution in [0.15, 0.2) is 18.2 Å². The zero-order valence-electron chi connectivity index (χ0n) is 9.03. The molecular weight excluding hydrogens is 244 g/mol. The van der Waals surface area contributed by atoms with E-state index in [9.17, 15) is 4.79 Å². The summed E-state index contributed by atoms with van der Waals surface area (Å²) in [4.78, 5) is 12.6. The number of rotatable bonds is 3. The molecule has 0 amide bonds. The summed E-state index contributed by atoms with van der Waals surface area (Å²) in [7, 11) is 0. The molecule has 2 aromatic rings.